The van der Waals surface area contributed by atoms with Crippen molar-refractivity contribution >= 4 is 17.3 Å². The number of aromatic nitrogens is 2. The van der Waals surface area contributed by atoms with Gasteiger partial charge in [-0.3, -0.25) is 20.8 Å². The summed E-state index contributed by atoms with van der Waals surface area (Å²) in [4.78, 5) is 28.7. The van der Waals surface area contributed by atoms with Crippen molar-refractivity contribution in [3.05, 3.63) is 51.8 Å². The number of nitrogens with two attached hydrogens (primary N) is 1. The van der Waals surface area contributed by atoms with E-state index >= 15 is 0 Å². The Morgan fingerprint density at radius 2 is 2.29 bits per heavy atom. The van der Waals surface area contributed by atoms with E-state index in [1.54, 1.807) is 6.20 Å². The van der Waals surface area contributed by atoms with E-state index in [0.29, 0.717) is 11.9 Å². The van der Waals surface area contributed by atoms with Crippen molar-refractivity contribution in [2.75, 3.05) is 5.43 Å². The summed E-state index contributed by atoms with van der Waals surface area (Å²) in [5.41, 5.74) is 0.857. The number of H-pyrrole nitrogens is 1. The lowest BCUT2D eigenvalue weighted by molar-refractivity contribution is -0.385. The number of hydrazine groups is 1. The number of rotatable bonds is 5. The second kappa shape index (κ2) is 5.96. The molecule has 0 atom stereocenters. The Bertz CT molecular complexity index is 673. The molecule has 1 aromatic heterocycles. The molecular weight excluding hydrogens is 283 g/mol. The van der Waals surface area contributed by atoms with E-state index in [2.05, 4.69) is 15.3 Å². The molecule has 9 nitrogen and oxygen atoms in total. The molecule has 2 rings (SSSR count). The van der Waals surface area contributed by atoms with Crippen molar-refractivity contribution in [3.63, 3.8) is 0 Å². The van der Waals surface area contributed by atoms with Crippen LogP contribution < -0.4 is 16.6 Å². The molecule has 0 bridgehead atoms. The van der Waals surface area contributed by atoms with E-state index in [4.69, 9.17) is 5.84 Å². The van der Waals surface area contributed by atoms with Gasteiger partial charge in [-0.25, -0.2) is 9.37 Å². The van der Waals surface area contributed by atoms with E-state index in [9.17, 15) is 19.3 Å². The van der Waals surface area contributed by atoms with Gasteiger partial charge in [0.15, 0.2) is 5.82 Å². The molecule has 5 N–H and O–H groups in total. The molecule has 0 saturated carbocycles. The standard InChI is InChI=1S/C11H11FN6O3/c12-7-4-9(18(20)21)6(3-8(7)17-13)11(19)16-5-10-14-1-2-15-10/h1-4,17H,5,13H2,(H,14,15)(H,16,19). The van der Waals surface area contributed by atoms with E-state index in [1.165, 1.54) is 6.20 Å². The van der Waals surface area contributed by atoms with Gasteiger partial charge in [0.1, 0.15) is 11.4 Å². The van der Waals surface area contributed by atoms with Crippen LogP contribution in [-0.2, 0) is 6.54 Å². The van der Waals surface area contributed by atoms with Crippen molar-refractivity contribution in [1.29, 1.82) is 0 Å². The zero-order chi connectivity index (χ0) is 15.4. The van der Waals surface area contributed by atoms with E-state index in [0.717, 1.165) is 6.07 Å². The molecule has 0 spiro atoms. The minimum atomic E-state index is -0.924. The average molecular weight is 294 g/mol. The van der Waals surface area contributed by atoms with Crippen LogP contribution in [0.3, 0.4) is 0 Å². The van der Waals surface area contributed by atoms with Gasteiger partial charge in [-0.2, -0.15) is 0 Å². The molecule has 2 aromatic rings. The number of nitro benzene ring substituents is 1. The Balaban J connectivity index is 2.27. The topological polar surface area (TPSA) is 139 Å². The van der Waals surface area contributed by atoms with Crippen LogP contribution in [0.5, 0.6) is 0 Å². The summed E-state index contributed by atoms with van der Waals surface area (Å²) in [6, 6.07) is 1.61. The Kier molecular flexibility index (Phi) is 4.09. The number of carbonyl (C=O) groups excluding carboxylic acids is 1. The van der Waals surface area contributed by atoms with Crippen LogP contribution in [0.15, 0.2) is 24.5 Å². The fourth-order valence-corrected chi connectivity index (χ4v) is 1.66. The van der Waals surface area contributed by atoms with Crippen molar-refractivity contribution in [2.45, 2.75) is 6.54 Å². The molecule has 21 heavy (non-hydrogen) atoms. The van der Waals surface area contributed by atoms with Crippen LogP contribution >= 0.6 is 0 Å². The highest BCUT2D eigenvalue weighted by Gasteiger charge is 2.23. The van der Waals surface area contributed by atoms with Crippen molar-refractivity contribution in [1.82, 2.24) is 15.3 Å². The summed E-state index contributed by atoms with van der Waals surface area (Å²) in [5.74, 6) is 3.90. The van der Waals surface area contributed by atoms with E-state index in [1.807, 2.05) is 5.43 Å². The number of anilines is 1. The zero-order valence-electron chi connectivity index (χ0n) is 10.6. The molecule has 0 aliphatic rings. The number of nitro groups is 1. The number of nitrogen functional groups attached to an aromatic ring is 1. The maximum absolute atomic E-state index is 13.5. The van der Waals surface area contributed by atoms with Gasteiger partial charge in [-0.1, -0.05) is 0 Å². The lowest BCUT2D eigenvalue weighted by Crippen LogP contribution is -2.25. The highest BCUT2D eigenvalue weighted by atomic mass is 19.1. The Morgan fingerprint density at radius 3 is 2.86 bits per heavy atom. The molecular formula is C11H11FN6O3. The molecule has 0 aliphatic heterocycles. The van der Waals surface area contributed by atoms with Crippen molar-refractivity contribution in [3.8, 4) is 0 Å². The molecule has 110 valence electrons. The first-order valence-corrected chi connectivity index (χ1v) is 5.74. The molecule has 0 aliphatic carbocycles. The van der Waals surface area contributed by atoms with E-state index in [-0.39, 0.29) is 17.8 Å². The number of carbonyl (C=O) groups is 1. The molecule has 1 heterocycles. The summed E-state index contributed by atoms with van der Waals surface area (Å²) in [7, 11) is 0. The summed E-state index contributed by atoms with van der Waals surface area (Å²) < 4.78 is 13.5. The normalized spacial score (nSPS) is 10.2. The predicted molar refractivity (Wildman–Crippen MR) is 70.6 cm³/mol. The Hall–Kier alpha value is -3.01. The molecule has 0 fully saturated rings. The smallest absolute Gasteiger partial charge is 0.285 e. The third-order valence-electron chi connectivity index (χ3n) is 2.65. The monoisotopic (exact) mass is 294 g/mol. The van der Waals surface area contributed by atoms with Gasteiger partial charge >= 0.3 is 0 Å². The summed E-state index contributed by atoms with van der Waals surface area (Å²) in [6.07, 6.45) is 3.07. The average Bonchev–Trinajstić information content (AvgIpc) is 2.97. The number of nitrogens with one attached hydrogen (secondary N) is 3. The van der Waals surface area contributed by atoms with Gasteiger partial charge in [-0.05, 0) is 6.07 Å². The molecule has 0 saturated heterocycles. The number of hydrogen-bond acceptors (Lipinski definition) is 6. The first-order chi connectivity index (χ1) is 10.0. The van der Waals surface area contributed by atoms with Crippen LogP contribution in [-0.4, -0.2) is 20.8 Å². The Morgan fingerprint density at radius 1 is 1.52 bits per heavy atom. The summed E-state index contributed by atoms with van der Waals surface area (Å²) in [5, 5.41) is 13.3. The summed E-state index contributed by atoms with van der Waals surface area (Å²) in [6.45, 7) is 0.0474. The number of nitrogens with zero attached hydrogens (tertiary/aromatic N) is 2. The minimum Gasteiger partial charge on any atom is -0.347 e. The predicted octanol–water partition coefficient (Wildman–Crippen LogP) is 0.673. The van der Waals surface area contributed by atoms with Gasteiger partial charge in [-0.15, -0.1) is 0 Å². The van der Waals surface area contributed by atoms with Crippen LogP contribution in [0.1, 0.15) is 16.2 Å². The van der Waals surface area contributed by atoms with Crippen LogP contribution in [0.25, 0.3) is 0 Å². The van der Waals surface area contributed by atoms with Gasteiger partial charge in [0.05, 0.1) is 23.2 Å². The fourth-order valence-electron chi connectivity index (χ4n) is 1.66. The number of aromatic amines is 1. The van der Waals surface area contributed by atoms with Crippen molar-refractivity contribution in [2.24, 2.45) is 5.84 Å². The molecule has 0 unspecified atom stereocenters. The maximum atomic E-state index is 13.5. The fraction of sp³-hybridized carbons (Fsp3) is 0.0909. The first kappa shape index (κ1) is 14.4. The van der Waals surface area contributed by atoms with Crippen molar-refractivity contribution < 1.29 is 14.1 Å². The quantitative estimate of drug-likeness (QED) is 0.363. The first-order valence-electron chi connectivity index (χ1n) is 5.74. The Labute approximate surface area is 117 Å². The van der Waals surface area contributed by atoms with Crippen LogP contribution in [0.2, 0.25) is 0 Å². The third-order valence-corrected chi connectivity index (χ3v) is 2.65. The maximum Gasteiger partial charge on any atom is 0.285 e. The van der Waals surface area contributed by atoms with Crippen LogP contribution in [0.4, 0.5) is 15.8 Å². The molecule has 1 amide bonds. The number of benzene rings is 1. The number of imidazole rings is 1. The lowest BCUT2D eigenvalue weighted by atomic mass is 10.1. The van der Waals surface area contributed by atoms with Crippen LogP contribution in [0, 0.1) is 15.9 Å². The number of halogens is 1. The lowest BCUT2D eigenvalue weighted by Gasteiger charge is -2.08. The van der Waals surface area contributed by atoms with Gasteiger partial charge < -0.3 is 15.7 Å². The van der Waals surface area contributed by atoms with Gasteiger partial charge in [0, 0.05) is 12.4 Å². The highest BCUT2D eigenvalue weighted by Crippen LogP contribution is 2.25. The SMILES string of the molecule is NNc1cc(C(=O)NCc2ncc[nH]2)c([N+](=O)[O-])cc1F. The van der Waals surface area contributed by atoms with Gasteiger partial charge in [0.25, 0.3) is 11.6 Å². The van der Waals surface area contributed by atoms with E-state index < -0.39 is 22.3 Å². The summed E-state index contributed by atoms with van der Waals surface area (Å²) >= 11 is 0. The molecule has 1 aromatic carbocycles. The zero-order valence-corrected chi connectivity index (χ0v) is 10.6. The third kappa shape index (κ3) is 3.12. The number of hydrogen-bond donors (Lipinski definition) is 4. The second-order valence-corrected chi connectivity index (χ2v) is 3.97. The largest absolute Gasteiger partial charge is 0.347 e. The number of amides is 1. The highest BCUT2D eigenvalue weighted by molar-refractivity contribution is 5.99. The minimum absolute atomic E-state index is 0.0474. The van der Waals surface area contributed by atoms with Gasteiger partial charge in [0.2, 0.25) is 0 Å². The molecule has 0 radical (unpaired) electrons. The second-order valence-electron chi connectivity index (χ2n) is 3.97. The molecule has 10 heteroatoms.